The number of rotatable bonds is 2. The van der Waals surface area contributed by atoms with Crippen molar-refractivity contribution in [3.05, 3.63) is 39.4 Å². The molecule has 0 saturated carbocycles. The molecule has 0 unspecified atom stereocenters. The molecule has 0 aliphatic carbocycles. The molecule has 0 aliphatic rings. The number of methoxy groups -OCH3 is 1. The third kappa shape index (κ3) is 2.08. The van der Waals surface area contributed by atoms with Gasteiger partial charge in [0.05, 0.1) is 23.7 Å². The number of carbonyl (C=O) groups is 1. The van der Waals surface area contributed by atoms with Crippen molar-refractivity contribution in [2.45, 2.75) is 0 Å². The number of ether oxygens (including phenoxy) is 1. The molecule has 0 heterocycles. The van der Waals surface area contributed by atoms with Gasteiger partial charge < -0.3 is 4.74 Å². The molecule has 76 valence electrons. The van der Waals surface area contributed by atoms with Crippen LogP contribution in [0.2, 0.25) is 0 Å². The fraction of sp³-hybridized carbons (Fsp3) is 0.111. The Morgan fingerprint density at radius 2 is 2.27 bits per heavy atom. The summed E-state index contributed by atoms with van der Waals surface area (Å²) in [4.78, 5) is 21.0. The van der Waals surface area contributed by atoms with Crippen molar-refractivity contribution in [1.82, 2.24) is 0 Å². The summed E-state index contributed by atoms with van der Waals surface area (Å²) < 4.78 is 4.37. The van der Waals surface area contributed by atoms with Crippen LogP contribution in [-0.2, 0) is 4.74 Å². The third-order valence-electron chi connectivity index (χ3n) is 1.73. The molecular weight excluding hydrogens is 200 g/mol. The van der Waals surface area contributed by atoms with Crippen LogP contribution in [0.3, 0.4) is 0 Å². The van der Waals surface area contributed by atoms with Crippen LogP contribution in [0.1, 0.15) is 15.9 Å². The molecule has 15 heavy (non-hydrogen) atoms. The molecule has 0 amide bonds. The van der Waals surface area contributed by atoms with Crippen molar-refractivity contribution in [3.8, 4) is 6.07 Å². The smallest absolute Gasteiger partial charge is 0.344 e. The van der Waals surface area contributed by atoms with E-state index in [0.717, 1.165) is 19.2 Å². The zero-order valence-electron chi connectivity index (χ0n) is 7.76. The number of nitro groups is 1. The van der Waals surface area contributed by atoms with E-state index in [0.29, 0.717) is 0 Å². The van der Waals surface area contributed by atoms with E-state index < -0.39 is 10.9 Å². The van der Waals surface area contributed by atoms with Gasteiger partial charge in [0.15, 0.2) is 0 Å². The summed E-state index contributed by atoms with van der Waals surface area (Å²) >= 11 is 0. The number of nitriles is 1. The average molecular weight is 206 g/mol. The molecule has 0 radical (unpaired) electrons. The summed E-state index contributed by atoms with van der Waals surface area (Å²) in [6.45, 7) is 0. The van der Waals surface area contributed by atoms with Crippen molar-refractivity contribution in [2.24, 2.45) is 0 Å². The maximum Gasteiger partial charge on any atom is 0.344 e. The topological polar surface area (TPSA) is 93.2 Å². The van der Waals surface area contributed by atoms with Gasteiger partial charge in [0.25, 0.3) is 5.69 Å². The van der Waals surface area contributed by atoms with Gasteiger partial charge in [-0.15, -0.1) is 0 Å². The number of nitro benzene ring substituents is 1. The van der Waals surface area contributed by atoms with Crippen LogP contribution in [0.5, 0.6) is 0 Å². The molecule has 1 aromatic carbocycles. The van der Waals surface area contributed by atoms with Crippen LogP contribution in [0.4, 0.5) is 5.69 Å². The van der Waals surface area contributed by atoms with Crippen molar-refractivity contribution < 1.29 is 14.5 Å². The SMILES string of the molecule is COC(=O)c1cc(C#N)ccc1[N+](=O)[O-]. The van der Waals surface area contributed by atoms with Crippen molar-refractivity contribution in [1.29, 1.82) is 5.26 Å². The van der Waals surface area contributed by atoms with Gasteiger partial charge in [0.1, 0.15) is 5.56 Å². The van der Waals surface area contributed by atoms with Gasteiger partial charge in [-0.25, -0.2) is 4.79 Å². The Kier molecular flexibility index (Phi) is 2.98. The lowest BCUT2D eigenvalue weighted by Crippen LogP contribution is -2.05. The van der Waals surface area contributed by atoms with Crippen LogP contribution in [0, 0.1) is 21.4 Å². The van der Waals surface area contributed by atoms with E-state index >= 15 is 0 Å². The minimum atomic E-state index is -0.834. The van der Waals surface area contributed by atoms with E-state index in [4.69, 9.17) is 5.26 Å². The number of carbonyl (C=O) groups excluding carboxylic acids is 1. The van der Waals surface area contributed by atoms with Gasteiger partial charge >= 0.3 is 5.97 Å². The molecule has 0 N–H and O–H groups in total. The monoisotopic (exact) mass is 206 g/mol. The van der Waals surface area contributed by atoms with Crippen LogP contribution < -0.4 is 0 Å². The molecule has 1 aromatic rings. The number of hydrogen-bond donors (Lipinski definition) is 0. The van der Waals surface area contributed by atoms with Gasteiger partial charge in [-0.3, -0.25) is 10.1 Å². The average Bonchev–Trinajstić information content (AvgIpc) is 2.26. The number of nitrogens with zero attached hydrogens (tertiary/aromatic N) is 2. The molecule has 1 rings (SSSR count). The van der Waals surface area contributed by atoms with Gasteiger partial charge in [-0.05, 0) is 12.1 Å². The summed E-state index contributed by atoms with van der Waals surface area (Å²) in [5.41, 5.74) is -0.427. The minimum Gasteiger partial charge on any atom is -0.465 e. The quantitative estimate of drug-likeness (QED) is 0.412. The lowest BCUT2D eigenvalue weighted by atomic mass is 10.1. The van der Waals surface area contributed by atoms with Crippen LogP contribution >= 0.6 is 0 Å². The highest BCUT2D eigenvalue weighted by molar-refractivity contribution is 5.94. The predicted molar refractivity (Wildman–Crippen MR) is 49.2 cm³/mol. The van der Waals surface area contributed by atoms with Crippen LogP contribution in [-0.4, -0.2) is 18.0 Å². The van der Waals surface area contributed by atoms with Crippen molar-refractivity contribution >= 4 is 11.7 Å². The zero-order chi connectivity index (χ0) is 11.4. The Bertz CT molecular complexity index is 462. The van der Waals surface area contributed by atoms with E-state index in [1.807, 2.05) is 0 Å². The molecule has 6 heteroatoms. The second-order valence-electron chi connectivity index (χ2n) is 2.59. The highest BCUT2D eigenvalue weighted by atomic mass is 16.6. The first-order chi connectivity index (χ1) is 7.10. The molecule has 6 nitrogen and oxygen atoms in total. The second kappa shape index (κ2) is 4.19. The van der Waals surface area contributed by atoms with Gasteiger partial charge in [0.2, 0.25) is 0 Å². The van der Waals surface area contributed by atoms with Crippen molar-refractivity contribution in [2.75, 3.05) is 7.11 Å². The van der Waals surface area contributed by atoms with E-state index in [1.54, 1.807) is 6.07 Å². The Balaban J connectivity index is 3.36. The fourth-order valence-corrected chi connectivity index (χ4v) is 1.04. The van der Waals surface area contributed by atoms with Crippen molar-refractivity contribution in [3.63, 3.8) is 0 Å². The molecule has 0 saturated heterocycles. The van der Waals surface area contributed by atoms with Gasteiger partial charge in [0, 0.05) is 6.07 Å². The maximum atomic E-state index is 11.2. The van der Waals surface area contributed by atoms with E-state index in [-0.39, 0.29) is 16.8 Å². The predicted octanol–water partition coefficient (Wildman–Crippen LogP) is 1.25. The fourth-order valence-electron chi connectivity index (χ4n) is 1.04. The first kappa shape index (κ1) is 10.7. The lowest BCUT2D eigenvalue weighted by molar-refractivity contribution is -0.385. The number of esters is 1. The lowest BCUT2D eigenvalue weighted by Gasteiger charge is -2.00. The normalized spacial score (nSPS) is 9.07. The highest BCUT2D eigenvalue weighted by Crippen LogP contribution is 2.20. The molecule has 0 bridgehead atoms. The highest BCUT2D eigenvalue weighted by Gasteiger charge is 2.20. The van der Waals surface area contributed by atoms with Crippen LogP contribution in [0.25, 0.3) is 0 Å². The molecular formula is C9H6N2O4. The van der Waals surface area contributed by atoms with E-state index in [1.165, 1.54) is 6.07 Å². The van der Waals surface area contributed by atoms with Crippen LogP contribution in [0.15, 0.2) is 18.2 Å². The number of hydrogen-bond acceptors (Lipinski definition) is 5. The summed E-state index contributed by atoms with van der Waals surface area (Å²) in [6.07, 6.45) is 0. The molecule has 0 atom stereocenters. The standard InChI is InChI=1S/C9H6N2O4/c1-15-9(12)7-4-6(5-10)2-3-8(7)11(13)14/h2-4H,1H3. The Labute approximate surface area is 84.8 Å². The summed E-state index contributed by atoms with van der Waals surface area (Å²) in [7, 11) is 1.12. The Hall–Kier alpha value is -2.42. The zero-order valence-corrected chi connectivity index (χ0v) is 7.76. The maximum absolute atomic E-state index is 11.2. The molecule has 0 aromatic heterocycles. The molecule has 0 spiro atoms. The molecule has 0 fully saturated rings. The largest absolute Gasteiger partial charge is 0.465 e. The molecule has 0 aliphatic heterocycles. The van der Waals surface area contributed by atoms with Gasteiger partial charge in [-0.1, -0.05) is 0 Å². The van der Waals surface area contributed by atoms with E-state index in [2.05, 4.69) is 4.74 Å². The first-order valence-electron chi connectivity index (χ1n) is 3.87. The summed E-state index contributed by atoms with van der Waals surface area (Å²) in [6, 6.07) is 5.28. The minimum absolute atomic E-state index is 0.168. The summed E-state index contributed by atoms with van der Waals surface area (Å²) in [5, 5.41) is 19.1. The number of benzene rings is 1. The Morgan fingerprint density at radius 1 is 1.60 bits per heavy atom. The second-order valence-corrected chi connectivity index (χ2v) is 2.59. The summed E-state index contributed by atoms with van der Waals surface area (Å²) in [5.74, 6) is -0.834. The van der Waals surface area contributed by atoms with Gasteiger partial charge in [-0.2, -0.15) is 5.26 Å². The Morgan fingerprint density at radius 3 is 2.73 bits per heavy atom. The first-order valence-corrected chi connectivity index (χ1v) is 3.87. The van der Waals surface area contributed by atoms with E-state index in [9.17, 15) is 14.9 Å². The third-order valence-corrected chi connectivity index (χ3v) is 1.73.